The van der Waals surface area contributed by atoms with Crippen molar-refractivity contribution >= 4 is 50.2 Å². The second-order valence-electron chi connectivity index (χ2n) is 4.91. The average molecular weight is 426 g/mol. The second-order valence-corrected chi connectivity index (χ2v) is 8.97. The Bertz CT molecular complexity index is 1110. The Balaban J connectivity index is 1.94. The number of aromatic nitrogens is 1. The van der Waals surface area contributed by atoms with Gasteiger partial charge in [0.2, 0.25) is 5.88 Å². The molecule has 1 aromatic carbocycles. The van der Waals surface area contributed by atoms with Crippen molar-refractivity contribution in [2.24, 2.45) is 0 Å². The van der Waals surface area contributed by atoms with E-state index in [2.05, 4.69) is 9.71 Å². The molecule has 26 heavy (non-hydrogen) atoms. The van der Waals surface area contributed by atoms with E-state index < -0.39 is 10.0 Å². The first-order chi connectivity index (χ1) is 12.4. The molecule has 0 bridgehead atoms. The molecule has 3 rings (SSSR count). The van der Waals surface area contributed by atoms with Crippen LogP contribution in [0.1, 0.15) is 5.56 Å². The molecule has 0 amide bonds. The van der Waals surface area contributed by atoms with Gasteiger partial charge in [-0.25, -0.2) is 13.4 Å². The zero-order chi connectivity index (χ0) is 18.7. The number of benzene rings is 1. The van der Waals surface area contributed by atoms with Gasteiger partial charge in [-0.05, 0) is 36.4 Å². The smallest absolute Gasteiger partial charge is 0.271 e. The number of sulfonamides is 1. The Morgan fingerprint density at radius 3 is 2.69 bits per heavy atom. The highest BCUT2D eigenvalue weighted by Crippen LogP contribution is 2.33. The lowest BCUT2D eigenvalue weighted by atomic mass is 10.2. The number of pyridine rings is 1. The maximum Gasteiger partial charge on any atom is 0.271 e. The van der Waals surface area contributed by atoms with Gasteiger partial charge in [0.25, 0.3) is 10.0 Å². The summed E-state index contributed by atoms with van der Waals surface area (Å²) in [6, 6.07) is 12.6. The molecule has 0 atom stereocenters. The van der Waals surface area contributed by atoms with Crippen molar-refractivity contribution in [2.75, 3.05) is 4.72 Å². The molecule has 3 aromatic rings. The summed E-state index contributed by atoms with van der Waals surface area (Å²) in [5.41, 5.74) is 0.455. The molecular formula is C16H9Cl2N3O3S2. The Kier molecular flexibility index (Phi) is 5.34. The predicted octanol–water partition coefficient (Wildman–Crippen LogP) is 4.91. The summed E-state index contributed by atoms with van der Waals surface area (Å²) in [7, 11) is -3.88. The van der Waals surface area contributed by atoms with Gasteiger partial charge in [-0.1, -0.05) is 29.3 Å². The Morgan fingerprint density at radius 1 is 1.19 bits per heavy atom. The number of halogens is 2. The number of thiophene rings is 1. The lowest BCUT2D eigenvalue weighted by Crippen LogP contribution is -2.12. The second kappa shape index (κ2) is 7.51. The van der Waals surface area contributed by atoms with Gasteiger partial charge in [0.05, 0.1) is 21.0 Å². The lowest BCUT2D eigenvalue weighted by Gasteiger charge is -2.12. The van der Waals surface area contributed by atoms with Crippen molar-refractivity contribution in [3.8, 4) is 17.7 Å². The number of nitriles is 1. The van der Waals surface area contributed by atoms with Crippen LogP contribution in [0.4, 0.5) is 5.69 Å². The molecule has 132 valence electrons. The van der Waals surface area contributed by atoms with Crippen LogP contribution in [0.15, 0.2) is 52.9 Å². The highest BCUT2D eigenvalue weighted by atomic mass is 35.5. The van der Waals surface area contributed by atoms with Gasteiger partial charge in [-0.2, -0.15) is 5.26 Å². The van der Waals surface area contributed by atoms with Crippen LogP contribution in [0.25, 0.3) is 0 Å². The molecule has 0 unspecified atom stereocenters. The molecule has 0 aliphatic rings. The fraction of sp³-hybridized carbons (Fsp3) is 0. The van der Waals surface area contributed by atoms with Crippen molar-refractivity contribution in [3.05, 3.63) is 63.6 Å². The quantitative estimate of drug-likeness (QED) is 0.626. The lowest BCUT2D eigenvalue weighted by molar-refractivity contribution is 0.465. The number of anilines is 1. The largest absolute Gasteiger partial charge is 0.437 e. The highest BCUT2D eigenvalue weighted by molar-refractivity contribution is 7.94. The molecule has 10 heteroatoms. The van der Waals surface area contributed by atoms with Crippen LogP contribution in [0.3, 0.4) is 0 Å². The molecule has 0 saturated heterocycles. The third-order valence-corrected chi connectivity index (χ3v) is 6.35. The van der Waals surface area contributed by atoms with E-state index in [0.29, 0.717) is 15.6 Å². The molecule has 2 heterocycles. The van der Waals surface area contributed by atoms with Crippen molar-refractivity contribution in [1.82, 2.24) is 4.98 Å². The van der Waals surface area contributed by atoms with E-state index in [1.54, 1.807) is 18.2 Å². The summed E-state index contributed by atoms with van der Waals surface area (Å²) in [6.07, 6.45) is 1.32. The zero-order valence-corrected chi connectivity index (χ0v) is 16.0. The first-order valence-electron chi connectivity index (χ1n) is 6.99. The summed E-state index contributed by atoms with van der Waals surface area (Å²) in [5.74, 6) is 0.328. The highest BCUT2D eigenvalue weighted by Gasteiger charge is 2.20. The van der Waals surface area contributed by atoms with Gasteiger partial charge in [0.15, 0.2) is 0 Å². The molecule has 0 aliphatic heterocycles. The van der Waals surface area contributed by atoms with E-state index in [0.717, 1.165) is 11.3 Å². The van der Waals surface area contributed by atoms with Crippen LogP contribution >= 0.6 is 34.5 Å². The molecule has 0 aliphatic carbocycles. The fourth-order valence-corrected chi connectivity index (χ4v) is 4.65. The Hall–Kier alpha value is -2.31. The van der Waals surface area contributed by atoms with E-state index in [1.807, 2.05) is 6.07 Å². The average Bonchev–Trinajstić information content (AvgIpc) is 3.05. The number of hydrogen-bond acceptors (Lipinski definition) is 6. The van der Waals surface area contributed by atoms with E-state index in [-0.39, 0.29) is 20.8 Å². The van der Waals surface area contributed by atoms with Crippen molar-refractivity contribution in [2.45, 2.75) is 4.21 Å². The number of ether oxygens (including phenoxy) is 1. The van der Waals surface area contributed by atoms with Crippen LogP contribution in [0.5, 0.6) is 11.6 Å². The minimum atomic E-state index is -3.88. The minimum absolute atomic E-state index is 0.00396. The van der Waals surface area contributed by atoms with Crippen LogP contribution in [-0.4, -0.2) is 13.4 Å². The monoisotopic (exact) mass is 425 g/mol. The normalized spacial score (nSPS) is 11.0. The van der Waals surface area contributed by atoms with Gasteiger partial charge in [0.1, 0.15) is 15.6 Å². The number of nitrogens with zero attached hydrogens (tertiary/aromatic N) is 2. The predicted molar refractivity (Wildman–Crippen MR) is 101 cm³/mol. The van der Waals surface area contributed by atoms with E-state index in [9.17, 15) is 8.42 Å². The molecular weight excluding hydrogens is 417 g/mol. The van der Waals surface area contributed by atoms with Crippen LogP contribution in [-0.2, 0) is 10.0 Å². The molecule has 0 fully saturated rings. The summed E-state index contributed by atoms with van der Waals surface area (Å²) in [4.78, 5) is 4.03. The third kappa shape index (κ3) is 4.26. The molecule has 0 saturated carbocycles. The number of rotatable bonds is 5. The Morgan fingerprint density at radius 2 is 2.00 bits per heavy atom. The summed E-state index contributed by atoms with van der Waals surface area (Å²) in [5, 5.41) is 9.19. The zero-order valence-electron chi connectivity index (χ0n) is 12.8. The third-order valence-electron chi connectivity index (χ3n) is 3.05. The van der Waals surface area contributed by atoms with Crippen LogP contribution in [0.2, 0.25) is 9.36 Å². The van der Waals surface area contributed by atoms with Gasteiger partial charge in [-0.15, -0.1) is 11.3 Å². The van der Waals surface area contributed by atoms with Crippen LogP contribution in [0, 0.1) is 11.3 Å². The molecule has 6 nitrogen and oxygen atoms in total. The SMILES string of the molecule is N#Cc1cccc(Oc2ncc(Cl)cc2NS(=O)(=O)c2ccc(Cl)s2)c1. The summed E-state index contributed by atoms with van der Waals surface area (Å²) < 4.78 is 33.4. The first kappa shape index (κ1) is 18.5. The van der Waals surface area contributed by atoms with Crippen molar-refractivity contribution < 1.29 is 13.2 Å². The molecule has 0 spiro atoms. The topological polar surface area (TPSA) is 92.1 Å². The standard InChI is InChI=1S/C16H9Cl2N3O3S2/c17-11-7-13(21-26(22,23)15-5-4-14(18)25-15)16(20-9-11)24-12-3-1-2-10(6-12)8-19/h1-7,9,21H. The van der Waals surface area contributed by atoms with E-state index in [1.165, 1.54) is 30.5 Å². The van der Waals surface area contributed by atoms with Gasteiger partial charge >= 0.3 is 0 Å². The molecule has 1 N–H and O–H groups in total. The molecule has 0 radical (unpaired) electrons. The Labute approximate surface area is 163 Å². The van der Waals surface area contributed by atoms with Crippen LogP contribution < -0.4 is 9.46 Å². The maximum absolute atomic E-state index is 12.5. The van der Waals surface area contributed by atoms with Crippen molar-refractivity contribution in [1.29, 1.82) is 5.26 Å². The molecule has 2 aromatic heterocycles. The van der Waals surface area contributed by atoms with Crippen molar-refractivity contribution in [3.63, 3.8) is 0 Å². The van der Waals surface area contributed by atoms with E-state index >= 15 is 0 Å². The fourth-order valence-electron chi connectivity index (χ4n) is 1.96. The minimum Gasteiger partial charge on any atom is -0.437 e. The first-order valence-corrected chi connectivity index (χ1v) is 10.0. The summed E-state index contributed by atoms with van der Waals surface area (Å²) >= 11 is 12.7. The van der Waals surface area contributed by atoms with Gasteiger partial charge in [-0.3, -0.25) is 4.72 Å². The van der Waals surface area contributed by atoms with Gasteiger partial charge in [0, 0.05) is 6.20 Å². The van der Waals surface area contributed by atoms with Gasteiger partial charge < -0.3 is 4.74 Å². The number of hydrogen-bond donors (Lipinski definition) is 1. The summed E-state index contributed by atoms with van der Waals surface area (Å²) in [6.45, 7) is 0. The van der Waals surface area contributed by atoms with E-state index in [4.69, 9.17) is 33.2 Å². The maximum atomic E-state index is 12.5. The number of nitrogens with one attached hydrogen (secondary N) is 1.